The molecule has 2 aromatic rings. The molecule has 1 atom stereocenters. The lowest BCUT2D eigenvalue weighted by Crippen LogP contribution is -2.27. The number of hydrogen-bond donors (Lipinski definition) is 1. The highest BCUT2D eigenvalue weighted by Gasteiger charge is 2.28. The summed E-state index contributed by atoms with van der Waals surface area (Å²) in [4.78, 5) is 19.7. The monoisotopic (exact) mass is 325 g/mol. The van der Waals surface area contributed by atoms with Crippen molar-refractivity contribution in [2.75, 3.05) is 6.61 Å². The summed E-state index contributed by atoms with van der Waals surface area (Å²) in [7, 11) is 0. The first-order valence-corrected chi connectivity index (χ1v) is 6.72. The maximum atomic E-state index is 12.0. The zero-order valence-corrected chi connectivity index (χ0v) is 12.2. The topological polar surface area (TPSA) is 64.1 Å². The number of nitrogens with zero attached hydrogens (tertiary/aromatic N) is 2. The van der Waals surface area contributed by atoms with Crippen LogP contribution in [0.2, 0.25) is 0 Å². The van der Waals surface area contributed by atoms with Crippen LogP contribution in [0.25, 0.3) is 0 Å². The van der Waals surface area contributed by atoms with E-state index in [-0.39, 0.29) is 23.5 Å². The van der Waals surface area contributed by atoms with Crippen LogP contribution < -0.4 is 10.1 Å². The maximum Gasteiger partial charge on any atom is 0.422 e. The molecule has 2 heterocycles. The van der Waals surface area contributed by atoms with E-state index in [9.17, 15) is 18.0 Å². The quantitative estimate of drug-likeness (QED) is 0.918. The van der Waals surface area contributed by atoms with Crippen molar-refractivity contribution in [3.8, 4) is 5.88 Å². The standard InChI is InChI=1S/C15H14F3N3O2/c1-10(21-14(22)12-4-2-3-7-19-12)11-5-6-13(20-8-11)23-9-15(16,17)18/h2-8,10H,9H2,1H3,(H,21,22). The van der Waals surface area contributed by atoms with Crippen LogP contribution >= 0.6 is 0 Å². The van der Waals surface area contributed by atoms with E-state index in [1.807, 2.05) is 0 Å². The van der Waals surface area contributed by atoms with Gasteiger partial charge in [0.2, 0.25) is 5.88 Å². The minimum absolute atomic E-state index is 0.130. The molecule has 0 aliphatic heterocycles. The molecule has 0 aromatic carbocycles. The van der Waals surface area contributed by atoms with Gasteiger partial charge in [0.15, 0.2) is 6.61 Å². The first kappa shape index (κ1) is 16.7. The number of halogens is 3. The highest BCUT2D eigenvalue weighted by molar-refractivity contribution is 5.92. The number of aromatic nitrogens is 2. The van der Waals surface area contributed by atoms with Gasteiger partial charge in [-0.2, -0.15) is 13.2 Å². The number of rotatable bonds is 5. The van der Waals surface area contributed by atoms with Crippen molar-refractivity contribution in [1.29, 1.82) is 0 Å². The predicted octanol–water partition coefficient (Wildman–Crippen LogP) is 2.91. The summed E-state index contributed by atoms with van der Waals surface area (Å²) in [5.74, 6) is -0.482. The van der Waals surface area contributed by atoms with Gasteiger partial charge in [-0.05, 0) is 24.6 Å². The Morgan fingerprint density at radius 1 is 1.26 bits per heavy atom. The number of pyridine rings is 2. The fraction of sp³-hybridized carbons (Fsp3) is 0.267. The van der Waals surface area contributed by atoms with Gasteiger partial charge in [0.1, 0.15) is 5.69 Å². The second-order valence-electron chi connectivity index (χ2n) is 4.74. The normalized spacial score (nSPS) is 12.5. The van der Waals surface area contributed by atoms with E-state index in [1.54, 1.807) is 31.2 Å². The Hall–Kier alpha value is -2.64. The third-order valence-corrected chi connectivity index (χ3v) is 2.89. The molecular weight excluding hydrogens is 311 g/mol. The molecule has 2 aromatic heterocycles. The van der Waals surface area contributed by atoms with E-state index in [0.29, 0.717) is 5.56 Å². The molecule has 122 valence electrons. The Bertz CT molecular complexity index is 645. The average Bonchev–Trinajstić information content (AvgIpc) is 2.53. The fourth-order valence-electron chi connectivity index (χ4n) is 1.74. The van der Waals surface area contributed by atoms with Crippen LogP contribution in [0.4, 0.5) is 13.2 Å². The molecule has 1 N–H and O–H groups in total. The van der Waals surface area contributed by atoms with Gasteiger partial charge < -0.3 is 10.1 Å². The molecule has 0 aliphatic carbocycles. The summed E-state index contributed by atoms with van der Waals surface area (Å²) >= 11 is 0. The van der Waals surface area contributed by atoms with Crippen molar-refractivity contribution in [2.24, 2.45) is 0 Å². The first-order chi connectivity index (χ1) is 10.8. The van der Waals surface area contributed by atoms with E-state index in [1.165, 1.54) is 18.5 Å². The Kier molecular flexibility index (Phi) is 5.15. The van der Waals surface area contributed by atoms with Crippen LogP contribution in [0.1, 0.15) is 29.0 Å². The van der Waals surface area contributed by atoms with E-state index < -0.39 is 12.8 Å². The minimum atomic E-state index is -4.41. The molecule has 0 spiro atoms. The number of ether oxygens (including phenoxy) is 1. The fourth-order valence-corrected chi connectivity index (χ4v) is 1.74. The number of nitrogens with one attached hydrogen (secondary N) is 1. The van der Waals surface area contributed by atoms with E-state index in [0.717, 1.165) is 0 Å². The van der Waals surface area contributed by atoms with Gasteiger partial charge >= 0.3 is 6.18 Å². The molecule has 1 amide bonds. The van der Waals surface area contributed by atoms with Gasteiger partial charge in [0, 0.05) is 18.5 Å². The molecule has 0 aliphatic rings. The van der Waals surface area contributed by atoms with Crippen LogP contribution in [-0.2, 0) is 0 Å². The lowest BCUT2D eigenvalue weighted by atomic mass is 10.1. The van der Waals surface area contributed by atoms with Crippen LogP contribution in [0.3, 0.4) is 0 Å². The third kappa shape index (κ3) is 5.24. The Balaban J connectivity index is 1.95. The van der Waals surface area contributed by atoms with E-state index >= 15 is 0 Å². The van der Waals surface area contributed by atoms with Gasteiger partial charge in [-0.15, -0.1) is 0 Å². The number of alkyl halides is 3. The zero-order valence-electron chi connectivity index (χ0n) is 12.2. The Labute approximate surface area is 130 Å². The Morgan fingerprint density at radius 3 is 2.61 bits per heavy atom. The molecule has 0 fully saturated rings. The van der Waals surface area contributed by atoms with Gasteiger partial charge in [0.25, 0.3) is 5.91 Å². The smallest absolute Gasteiger partial charge is 0.422 e. The maximum absolute atomic E-state index is 12.0. The molecule has 0 bridgehead atoms. The van der Waals surface area contributed by atoms with Crippen molar-refractivity contribution >= 4 is 5.91 Å². The molecule has 2 rings (SSSR count). The lowest BCUT2D eigenvalue weighted by Gasteiger charge is -2.14. The largest absolute Gasteiger partial charge is 0.468 e. The number of carbonyl (C=O) groups excluding carboxylic acids is 1. The molecule has 1 unspecified atom stereocenters. The number of amides is 1. The molecular formula is C15H14F3N3O2. The van der Waals surface area contributed by atoms with Crippen LogP contribution in [-0.4, -0.2) is 28.7 Å². The highest BCUT2D eigenvalue weighted by atomic mass is 19.4. The first-order valence-electron chi connectivity index (χ1n) is 6.72. The van der Waals surface area contributed by atoms with Crippen molar-refractivity contribution in [3.63, 3.8) is 0 Å². The molecule has 0 saturated carbocycles. The third-order valence-electron chi connectivity index (χ3n) is 2.89. The predicted molar refractivity (Wildman–Crippen MR) is 75.9 cm³/mol. The number of carbonyl (C=O) groups is 1. The van der Waals surface area contributed by atoms with E-state index in [4.69, 9.17) is 0 Å². The average molecular weight is 325 g/mol. The Morgan fingerprint density at radius 2 is 2.04 bits per heavy atom. The van der Waals surface area contributed by atoms with E-state index in [2.05, 4.69) is 20.0 Å². The molecule has 8 heteroatoms. The molecule has 5 nitrogen and oxygen atoms in total. The van der Waals surface area contributed by atoms with Crippen LogP contribution in [0.15, 0.2) is 42.7 Å². The van der Waals surface area contributed by atoms with Crippen LogP contribution in [0, 0.1) is 0 Å². The summed E-state index contributed by atoms with van der Waals surface area (Å²) in [6.45, 7) is 0.333. The summed E-state index contributed by atoms with van der Waals surface area (Å²) in [5, 5.41) is 2.73. The van der Waals surface area contributed by atoms with Gasteiger partial charge in [-0.3, -0.25) is 9.78 Å². The second-order valence-corrected chi connectivity index (χ2v) is 4.74. The van der Waals surface area contributed by atoms with Gasteiger partial charge in [-0.1, -0.05) is 12.1 Å². The highest BCUT2D eigenvalue weighted by Crippen LogP contribution is 2.19. The van der Waals surface area contributed by atoms with Gasteiger partial charge in [-0.25, -0.2) is 4.98 Å². The SMILES string of the molecule is CC(NC(=O)c1ccccn1)c1ccc(OCC(F)(F)F)nc1. The minimum Gasteiger partial charge on any atom is -0.468 e. The lowest BCUT2D eigenvalue weighted by molar-refractivity contribution is -0.154. The molecule has 23 heavy (non-hydrogen) atoms. The second kappa shape index (κ2) is 7.08. The zero-order chi connectivity index (χ0) is 16.9. The van der Waals surface area contributed by atoms with Crippen molar-refractivity contribution < 1.29 is 22.7 Å². The van der Waals surface area contributed by atoms with Gasteiger partial charge in [0.05, 0.1) is 6.04 Å². The molecule has 0 saturated heterocycles. The van der Waals surface area contributed by atoms with Crippen molar-refractivity contribution in [3.05, 3.63) is 54.0 Å². The van der Waals surface area contributed by atoms with Crippen LogP contribution in [0.5, 0.6) is 5.88 Å². The van der Waals surface area contributed by atoms with Crippen molar-refractivity contribution in [1.82, 2.24) is 15.3 Å². The summed E-state index contributed by atoms with van der Waals surface area (Å²) in [5.41, 5.74) is 0.908. The summed E-state index contributed by atoms with van der Waals surface area (Å²) in [6, 6.07) is 7.46. The molecule has 0 radical (unpaired) electrons. The summed E-state index contributed by atoms with van der Waals surface area (Å²) in [6.07, 6.45) is -1.55. The van der Waals surface area contributed by atoms with Crippen molar-refractivity contribution in [2.45, 2.75) is 19.1 Å². The summed E-state index contributed by atoms with van der Waals surface area (Å²) < 4.78 is 40.7. The number of hydrogen-bond acceptors (Lipinski definition) is 4.